The molecule has 0 aliphatic heterocycles. The molecule has 4 N–H and O–H groups in total. The van der Waals surface area contributed by atoms with Crippen LogP contribution < -0.4 is 25.8 Å². The van der Waals surface area contributed by atoms with Gasteiger partial charge in [-0.3, -0.25) is 0 Å². The van der Waals surface area contributed by atoms with Crippen molar-refractivity contribution in [2.24, 2.45) is 0 Å². The van der Waals surface area contributed by atoms with Crippen LogP contribution in [-0.4, -0.2) is 0 Å². The van der Waals surface area contributed by atoms with Crippen LogP contribution in [0.1, 0.15) is 11.1 Å². The zero-order chi connectivity index (χ0) is 30.8. The Hall–Kier alpha value is -5.32. The Morgan fingerprint density at radius 2 is 0.837 bits per heavy atom. The molecule has 5 aromatic carbocycles. The summed E-state index contributed by atoms with van der Waals surface area (Å²) in [6.07, 6.45) is -9.32. The van der Waals surface area contributed by atoms with E-state index >= 15 is 0 Å². The Labute approximate surface area is 242 Å². The lowest BCUT2D eigenvalue weighted by molar-refractivity contribution is -0.139. The molecule has 0 heterocycles. The van der Waals surface area contributed by atoms with Crippen molar-refractivity contribution in [3.8, 4) is 23.0 Å². The molecule has 5 rings (SSSR count). The molecule has 0 radical (unpaired) electrons. The minimum atomic E-state index is -4.66. The first-order chi connectivity index (χ1) is 20.4. The van der Waals surface area contributed by atoms with E-state index in [1.54, 1.807) is 24.3 Å². The van der Waals surface area contributed by atoms with Crippen molar-refractivity contribution in [3.05, 3.63) is 126 Å². The van der Waals surface area contributed by atoms with Crippen LogP contribution in [0.25, 0.3) is 0 Å². The molecule has 43 heavy (non-hydrogen) atoms. The summed E-state index contributed by atoms with van der Waals surface area (Å²) in [6, 6.07) is 28.6. The van der Waals surface area contributed by atoms with E-state index in [4.69, 9.17) is 20.9 Å². The van der Waals surface area contributed by atoms with E-state index in [1.807, 2.05) is 35.2 Å². The fourth-order valence-corrected chi connectivity index (χ4v) is 4.32. The van der Waals surface area contributed by atoms with Gasteiger partial charge in [-0.2, -0.15) is 26.3 Å². The van der Waals surface area contributed by atoms with Crippen LogP contribution in [0.3, 0.4) is 0 Å². The highest BCUT2D eigenvalue weighted by molar-refractivity contribution is 5.77. The second-order valence-electron chi connectivity index (χ2n) is 9.37. The minimum Gasteiger partial charge on any atom is -0.457 e. The summed E-state index contributed by atoms with van der Waals surface area (Å²) in [5.41, 5.74) is 11.0. The zero-order valence-electron chi connectivity index (χ0n) is 22.2. The van der Waals surface area contributed by atoms with Crippen LogP contribution in [0, 0.1) is 0 Å². The van der Waals surface area contributed by atoms with Crippen LogP contribution in [-0.2, 0) is 12.4 Å². The number of rotatable bonds is 7. The van der Waals surface area contributed by atoms with Crippen molar-refractivity contribution in [3.63, 3.8) is 0 Å². The summed E-state index contributed by atoms with van der Waals surface area (Å²) >= 11 is 0. The van der Waals surface area contributed by atoms with E-state index in [2.05, 4.69) is 0 Å². The standard InChI is InChI=1S/C32H23F6N3O2/c33-31(34,35)27-18-20(39)6-16-29(27)42-25-12-8-23(9-13-25)41(22-4-2-1-3-5-22)24-10-14-26(15-11-24)43-30-17-7-21(40)19-28(30)32(36,37)38/h1-19H,39-40H2. The maximum atomic E-state index is 13.5. The molecule has 0 aliphatic rings. The smallest absolute Gasteiger partial charge is 0.420 e. The van der Waals surface area contributed by atoms with Gasteiger partial charge >= 0.3 is 12.4 Å². The maximum absolute atomic E-state index is 13.5. The van der Waals surface area contributed by atoms with Gasteiger partial charge < -0.3 is 25.8 Å². The fourth-order valence-electron chi connectivity index (χ4n) is 4.32. The minimum absolute atomic E-state index is 0.0424. The van der Waals surface area contributed by atoms with Gasteiger partial charge in [-0.15, -0.1) is 0 Å². The number of nitrogens with two attached hydrogens (primary N) is 2. The molecule has 0 saturated carbocycles. The quantitative estimate of drug-likeness (QED) is 0.145. The third-order valence-corrected chi connectivity index (χ3v) is 6.28. The first-order valence-electron chi connectivity index (χ1n) is 12.7. The first-order valence-corrected chi connectivity index (χ1v) is 12.7. The summed E-state index contributed by atoms with van der Waals surface area (Å²) < 4.78 is 92.2. The maximum Gasteiger partial charge on any atom is 0.420 e. The summed E-state index contributed by atoms with van der Waals surface area (Å²) in [7, 11) is 0. The number of anilines is 5. The molecule has 0 spiro atoms. The molecule has 11 heteroatoms. The van der Waals surface area contributed by atoms with Gasteiger partial charge in [0, 0.05) is 28.4 Å². The lowest BCUT2D eigenvalue weighted by Crippen LogP contribution is -2.10. The van der Waals surface area contributed by atoms with Gasteiger partial charge in [0.05, 0.1) is 0 Å². The lowest BCUT2D eigenvalue weighted by atomic mass is 10.1. The van der Waals surface area contributed by atoms with Gasteiger partial charge in [0.25, 0.3) is 0 Å². The highest BCUT2D eigenvalue weighted by atomic mass is 19.4. The van der Waals surface area contributed by atoms with Crippen LogP contribution in [0.15, 0.2) is 115 Å². The number of nitrogens with zero attached hydrogens (tertiary/aromatic N) is 1. The van der Waals surface area contributed by atoms with Gasteiger partial charge in [0.2, 0.25) is 0 Å². The third-order valence-electron chi connectivity index (χ3n) is 6.28. The van der Waals surface area contributed by atoms with Gasteiger partial charge in [0.15, 0.2) is 0 Å². The SMILES string of the molecule is Nc1ccc(Oc2ccc(N(c3ccccc3)c3ccc(Oc4ccc(N)cc4C(F)(F)F)cc3)cc2)c(C(F)(F)F)c1. The number of ether oxygens (including phenoxy) is 2. The Bertz CT molecular complexity index is 1600. The number of benzene rings is 5. The van der Waals surface area contributed by atoms with Crippen LogP contribution in [0.4, 0.5) is 54.8 Å². The van der Waals surface area contributed by atoms with Gasteiger partial charge in [-0.25, -0.2) is 0 Å². The number of para-hydroxylation sites is 1. The van der Waals surface area contributed by atoms with Crippen molar-refractivity contribution < 1.29 is 35.8 Å². The predicted octanol–water partition coefficient (Wildman–Crippen LogP) is 9.94. The lowest BCUT2D eigenvalue weighted by Gasteiger charge is -2.26. The van der Waals surface area contributed by atoms with Crippen molar-refractivity contribution >= 4 is 28.4 Å². The molecule has 5 nitrogen and oxygen atoms in total. The topological polar surface area (TPSA) is 73.7 Å². The molecule has 220 valence electrons. The second-order valence-corrected chi connectivity index (χ2v) is 9.37. The molecule has 5 aromatic rings. The molecule has 0 fully saturated rings. The largest absolute Gasteiger partial charge is 0.457 e. The summed E-state index contributed by atoms with van der Waals surface area (Å²) in [5, 5.41) is 0. The Morgan fingerprint density at radius 3 is 1.21 bits per heavy atom. The average Bonchev–Trinajstić information content (AvgIpc) is 2.96. The Kier molecular flexibility index (Phi) is 7.81. The van der Waals surface area contributed by atoms with E-state index in [0.29, 0.717) is 11.4 Å². The normalized spacial score (nSPS) is 11.7. The molecule has 0 unspecified atom stereocenters. The highest BCUT2D eigenvalue weighted by Gasteiger charge is 2.35. The number of hydrogen-bond acceptors (Lipinski definition) is 5. The van der Waals surface area contributed by atoms with Crippen molar-refractivity contribution in [1.82, 2.24) is 0 Å². The van der Waals surface area contributed by atoms with E-state index in [1.165, 1.54) is 36.4 Å². The summed E-state index contributed by atoms with van der Waals surface area (Å²) in [6.45, 7) is 0. The molecular weight excluding hydrogens is 572 g/mol. The summed E-state index contributed by atoms with van der Waals surface area (Å²) in [5.74, 6) is -0.445. The molecule has 0 amide bonds. The van der Waals surface area contributed by atoms with Gasteiger partial charge in [0.1, 0.15) is 34.1 Å². The number of hydrogen-bond donors (Lipinski definition) is 2. The highest BCUT2D eigenvalue weighted by Crippen LogP contribution is 2.42. The molecular formula is C32H23F6N3O2. The van der Waals surface area contributed by atoms with Crippen LogP contribution in [0.5, 0.6) is 23.0 Å². The van der Waals surface area contributed by atoms with Crippen molar-refractivity contribution in [2.75, 3.05) is 16.4 Å². The molecule has 0 atom stereocenters. The average molecular weight is 596 g/mol. The van der Waals surface area contributed by atoms with Crippen LogP contribution in [0.2, 0.25) is 0 Å². The van der Waals surface area contributed by atoms with E-state index in [9.17, 15) is 26.3 Å². The molecule has 0 aliphatic carbocycles. The first kappa shape index (κ1) is 29.2. The number of nitrogen functional groups attached to an aromatic ring is 2. The van der Waals surface area contributed by atoms with E-state index in [-0.39, 0.29) is 34.4 Å². The van der Waals surface area contributed by atoms with E-state index in [0.717, 1.165) is 30.0 Å². The Morgan fingerprint density at radius 1 is 0.465 bits per heavy atom. The second kappa shape index (κ2) is 11.5. The van der Waals surface area contributed by atoms with Crippen molar-refractivity contribution in [2.45, 2.75) is 12.4 Å². The predicted molar refractivity (Wildman–Crippen MR) is 153 cm³/mol. The fraction of sp³-hybridized carbons (Fsp3) is 0.0625. The van der Waals surface area contributed by atoms with Crippen molar-refractivity contribution in [1.29, 1.82) is 0 Å². The number of alkyl halides is 6. The van der Waals surface area contributed by atoms with Gasteiger partial charge in [-0.05, 0) is 97.1 Å². The molecule has 0 saturated heterocycles. The van der Waals surface area contributed by atoms with Gasteiger partial charge in [-0.1, -0.05) is 18.2 Å². The zero-order valence-corrected chi connectivity index (χ0v) is 22.2. The van der Waals surface area contributed by atoms with Crippen LogP contribution >= 0.6 is 0 Å². The Balaban J connectivity index is 1.43. The summed E-state index contributed by atoms with van der Waals surface area (Å²) in [4.78, 5) is 1.85. The van der Waals surface area contributed by atoms with E-state index < -0.39 is 23.5 Å². The molecule has 0 aromatic heterocycles. The molecule has 0 bridgehead atoms. The third kappa shape index (κ3) is 6.78. The monoisotopic (exact) mass is 595 g/mol. The number of halogens is 6.